The van der Waals surface area contributed by atoms with E-state index in [2.05, 4.69) is 44.5 Å². The summed E-state index contributed by atoms with van der Waals surface area (Å²) in [5, 5.41) is 4.09. The number of rotatable bonds is 9. The first-order chi connectivity index (χ1) is 16.7. The Morgan fingerprint density at radius 2 is 1.12 bits per heavy atom. The molecule has 0 aromatic carbocycles. The van der Waals surface area contributed by atoms with Crippen LogP contribution in [0.15, 0.2) is 25.3 Å². The molecule has 1 heteroatoms. The second-order valence-corrected chi connectivity index (χ2v) is 13.0. The molecule has 34 heavy (non-hydrogen) atoms. The zero-order valence-electron chi connectivity index (χ0n) is 22.9. The lowest BCUT2D eigenvalue weighted by Crippen LogP contribution is -2.48. The molecule has 0 saturated heterocycles. The van der Waals surface area contributed by atoms with Gasteiger partial charge in [-0.1, -0.05) is 32.4 Å². The molecule has 0 spiro atoms. The van der Waals surface area contributed by atoms with Gasteiger partial charge in [0.05, 0.1) is 0 Å². The predicted molar refractivity (Wildman–Crippen MR) is 149 cm³/mol. The van der Waals surface area contributed by atoms with Gasteiger partial charge < -0.3 is 5.32 Å². The summed E-state index contributed by atoms with van der Waals surface area (Å²) in [5.41, 5.74) is 0. The average Bonchev–Trinajstić information content (AvgIpc) is 2.91. The maximum absolute atomic E-state index is 4.09. The quantitative estimate of drug-likeness (QED) is 0.333. The highest BCUT2D eigenvalue weighted by Crippen LogP contribution is 2.51. The van der Waals surface area contributed by atoms with Crippen molar-refractivity contribution < 1.29 is 0 Å². The van der Waals surface area contributed by atoms with Crippen LogP contribution in [0.5, 0.6) is 0 Å². The molecule has 6 atom stereocenters. The van der Waals surface area contributed by atoms with Crippen LogP contribution in [-0.4, -0.2) is 12.6 Å². The van der Waals surface area contributed by atoms with Gasteiger partial charge in [0, 0.05) is 6.04 Å². The molecule has 0 heterocycles. The van der Waals surface area contributed by atoms with Crippen molar-refractivity contribution in [2.45, 2.75) is 123 Å². The van der Waals surface area contributed by atoms with Gasteiger partial charge in [0.25, 0.3) is 0 Å². The third-order valence-electron chi connectivity index (χ3n) is 11.4. The SMILES string of the molecule is C=CC1CCC(C2CCC(CC)C(C3CC(C4CCC(C=C)CC4)CCC3NCCC)C2)CC1. The van der Waals surface area contributed by atoms with E-state index in [1.54, 1.807) is 6.42 Å². The fourth-order valence-corrected chi connectivity index (χ4v) is 9.19. The van der Waals surface area contributed by atoms with E-state index < -0.39 is 0 Å². The summed E-state index contributed by atoms with van der Waals surface area (Å²) in [6, 6.07) is 0.787. The largest absolute Gasteiger partial charge is 0.314 e. The van der Waals surface area contributed by atoms with Gasteiger partial charge in [0.15, 0.2) is 0 Å². The molecule has 4 aliphatic rings. The number of allylic oxidation sites excluding steroid dienone is 2. The highest BCUT2D eigenvalue weighted by molar-refractivity contribution is 4.97. The van der Waals surface area contributed by atoms with Crippen molar-refractivity contribution in [2.75, 3.05) is 6.54 Å². The van der Waals surface area contributed by atoms with Crippen LogP contribution in [0.25, 0.3) is 0 Å². The van der Waals surface area contributed by atoms with E-state index in [9.17, 15) is 0 Å². The molecule has 4 aliphatic carbocycles. The fraction of sp³-hybridized carbons (Fsp3) is 0.879. The molecule has 1 N–H and O–H groups in total. The zero-order chi connectivity index (χ0) is 23.9. The minimum atomic E-state index is 0.787. The number of nitrogens with one attached hydrogen (secondary N) is 1. The third-order valence-corrected chi connectivity index (χ3v) is 11.4. The lowest BCUT2D eigenvalue weighted by atomic mass is 9.57. The summed E-state index contributed by atoms with van der Waals surface area (Å²) in [4.78, 5) is 0. The minimum absolute atomic E-state index is 0.787. The second-order valence-electron chi connectivity index (χ2n) is 13.0. The Morgan fingerprint density at radius 1 is 0.618 bits per heavy atom. The molecule has 0 bridgehead atoms. The summed E-state index contributed by atoms with van der Waals surface area (Å²) in [7, 11) is 0. The van der Waals surface area contributed by atoms with Crippen molar-refractivity contribution in [2.24, 2.45) is 53.3 Å². The van der Waals surface area contributed by atoms with E-state index in [4.69, 9.17) is 0 Å². The van der Waals surface area contributed by atoms with Gasteiger partial charge in [-0.05, 0) is 156 Å². The van der Waals surface area contributed by atoms with Gasteiger partial charge in [-0.15, -0.1) is 13.2 Å². The van der Waals surface area contributed by atoms with Crippen LogP contribution >= 0.6 is 0 Å². The van der Waals surface area contributed by atoms with Crippen molar-refractivity contribution in [3.63, 3.8) is 0 Å². The van der Waals surface area contributed by atoms with E-state index in [1.165, 1.54) is 103 Å². The maximum atomic E-state index is 4.09. The molecule has 4 fully saturated rings. The van der Waals surface area contributed by atoms with Gasteiger partial charge in [-0.3, -0.25) is 0 Å². The molecule has 1 nitrogen and oxygen atoms in total. The molecule has 6 unspecified atom stereocenters. The van der Waals surface area contributed by atoms with E-state index in [-0.39, 0.29) is 0 Å². The summed E-state index contributed by atoms with van der Waals surface area (Å²) in [6.07, 6.45) is 27.7. The first-order valence-corrected chi connectivity index (χ1v) is 15.6. The lowest BCUT2D eigenvalue weighted by molar-refractivity contribution is 0.0181. The fourth-order valence-electron chi connectivity index (χ4n) is 9.19. The topological polar surface area (TPSA) is 12.0 Å². The van der Waals surface area contributed by atoms with Crippen LogP contribution < -0.4 is 5.32 Å². The summed E-state index contributed by atoms with van der Waals surface area (Å²) < 4.78 is 0. The Balaban J connectivity index is 1.45. The molecular weight excluding hydrogens is 410 g/mol. The first kappa shape index (κ1) is 26.5. The summed E-state index contributed by atoms with van der Waals surface area (Å²) >= 11 is 0. The van der Waals surface area contributed by atoms with Crippen LogP contribution in [0, 0.1) is 53.3 Å². The normalized spacial score (nSPS) is 43.8. The van der Waals surface area contributed by atoms with Crippen LogP contribution in [0.1, 0.15) is 117 Å². The van der Waals surface area contributed by atoms with Gasteiger partial charge in [0.1, 0.15) is 0 Å². The third kappa shape index (κ3) is 6.41. The first-order valence-electron chi connectivity index (χ1n) is 15.6. The monoisotopic (exact) mass is 467 g/mol. The van der Waals surface area contributed by atoms with Crippen molar-refractivity contribution in [3.05, 3.63) is 25.3 Å². The smallest absolute Gasteiger partial charge is 0.00982 e. The van der Waals surface area contributed by atoms with E-state index in [1.807, 2.05) is 0 Å². The molecule has 4 rings (SSSR count). The van der Waals surface area contributed by atoms with Crippen LogP contribution in [0.2, 0.25) is 0 Å². The Morgan fingerprint density at radius 3 is 1.62 bits per heavy atom. The molecule has 0 aromatic heterocycles. The molecule has 0 aliphatic heterocycles. The average molecular weight is 468 g/mol. The standard InChI is InChI=1S/C33H57N/c1-5-21-34-33-20-19-30(28-15-11-25(7-3)12-16-28)23-32(33)31-22-29(18-17-26(31)8-4)27-13-9-24(6-2)10-14-27/h6-7,24-34H,2-3,5,8-23H2,1,4H3. The van der Waals surface area contributed by atoms with Crippen molar-refractivity contribution >= 4 is 0 Å². The molecule has 4 saturated carbocycles. The second kappa shape index (κ2) is 13.1. The summed E-state index contributed by atoms with van der Waals surface area (Å²) in [5.74, 6) is 8.50. The zero-order valence-corrected chi connectivity index (χ0v) is 22.9. The Kier molecular flexibility index (Phi) is 10.2. The maximum Gasteiger partial charge on any atom is 0.00982 e. The van der Waals surface area contributed by atoms with Gasteiger partial charge in [-0.25, -0.2) is 0 Å². The molecular formula is C33H57N. The Hall–Kier alpha value is -0.560. The predicted octanol–water partition coefficient (Wildman–Crippen LogP) is 9.20. The van der Waals surface area contributed by atoms with Gasteiger partial charge >= 0.3 is 0 Å². The molecule has 0 amide bonds. The summed E-state index contributed by atoms with van der Waals surface area (Å²) in [6.45, 7) is 14.2. The van der Waals surface area contributed by atoms with E-state index in [0.29, 0.717) is 0 Å². The minimum Gasteiger partial charge on any atom is -0.314 e. The van der Waals surface area contributed by atoms with Crippen molar-refractivity contribution in [1.29, 1.82) is 0 Å². The van der Waals surface area contributed by atoms with Crippen LogP contribution in [0.4, 0.5) is 0 Å². The molecule has 0 radical (unpaired) electrons. The van der Waals surface area contributed by atoms with E-state index >= 15 is 0 Å². The molecule has 0 aromatic rings. The van der Waals surface area contributed by atoms with Gasteiger partial charge in [0.2, 0.25) is 0 Å². The Bertz CT molecular complexity index is 608. The lowest BCUT2D eigenvalue weighted by Gasteiger charge is -2.50. The highest BCUT2D eigenvalue weighted by atomic mass is 14.9. The number of hydrogen-bond donors (Lipinski definition) is 1. The van der Waals surface area contributed by atoms with E-state index in [0.717, 1.165) is 59.3 Å². The van der Waals surface area contributed by atoms with Crippen molar-refractivity contribution in [3.8, 4) is 0 Å². The molecule has 194 valence electrons. The van der Waals surface area contributed by atoms with Crippen LogP contribution in [-0.2, 0) is 0 Å². The Labute approximate surface area is 213 Å². The number of hydrogen-bond acceptors (Lipinski definition) is 1. The highest BCUT2D eigenvalue weighted by Gasteiger charge is 2.44. The van der Waals surface area contributed by atoms with Crippen molar-refractivity contribution in [1.82, 2.24) is 5.32 Å². The van der Waals surface area contributed by atoms with Crippen LogP contribution in [0.3, 0.4) is 0 Å². The van der Waals surface area contributed by atoms with Gasteiger partial charge in [-0.2, -0.15) is 0 Å².